The summed E-state index contributed by atoms with van der Waals surface area (Å²) in [4.78, 5) is 23.2. The van der Waals surface area contributed by atoms with Crippen LogP contribution < -0.4 is 10.6 Å². The lowest BCUT2D eigenvalue weighted by atomic mass is 10.1. The molecule has 10 heteroatoms. The lowest BCUT2D eigenvalue weighted by molar-refractivity contribution is -0.137. The number of aromatic nitrogens is 1. The normalized spacial score (nSPS) is 12.0. The zero-order valence-electron chi connectivity index (χ0n) is 16.7. The van der Waals surface area contributed by atoms with Crippen LogP contribution in [0.2, 0.25) is 0 Å². The first-order valence-electron chi connectivity index (χ1n) is 8.87. The lowest BCUT2D eigenvalue weighted by Gasteiger charge is -2.14. The van der Waals surface area contributed by atoms with Crippen LogP contribution in [0.25, 0.3) is 0 Å². The van der Waals surface area contributed by atoms with E-state index in [9.17, 15) is 18.0 Å². The molecule has 0 saturated heterocycles. The second-order valence-electron chi connectivity index (χ2n) is 6.61. The van der Waals surface area contributed by atoms with Gasteiger partial charge in [0.2, 0.25) is 5.91 Å². The Labute approximate surface area is 171 Å². The smallest absolute Gasteiger partial charge is 0.350 e. The molecule has 0 bridgehead atoms. The van der Waals surface area contributed by atoms with Crippen molar-refractivity contribution >= 4 is 23.2 Å². The van der Waals surface area contributed by atoms with Crippen molar-refractivity contribution in [1.29, 1.82) is 0 Å². The number of guanidine groups is 1. The molecule has 1 amide bonds. The maximum absolute atomic E-state index is 12.9. The second-order valence-corrected chi connectivity index (χ2v) is 7.90. The van der Waals surface area contributed by atoms with Crippen LogP contribution in [0.15, 0.2) is 29.3 Å². The number of amides is 1. The molecule has 2 rings (SSSR count). The van der Waals surface area contributed by atoms with Gasteiger partial charge in [-0.15, -0.1) is 11.3 Å². The number of halogens is 3. The number of hydrogen-bond acceptors (Lipinski definition) is 4. The largest absolute Gasteiger partial charge is 0.416 e. The molecular weight excluding hydrogens is 403 g/mol. The summed E-state index contributed by atoms with van der Waals surface area (Å²) < 4.78 is 38.7. The first-order valence-corrected chi connectivity index (χ1v) is 9.69. The summed E-state index contributed by atoms with van der Waals surface area (Å²) in [6.07, 6.45) is -4.41. The molecule has 1 aromatic carbocycles. The van der Waals surface area contributed by atoms with Crippen molar-refractivity contribution in [3.8, 4) is 0 Å². The highest BCUT2D eigenvalue weighted by atomic mass is 32.1. The number of benzene rings is 1. The fourth-order valence-corrected chi connectivity index (χ4v) is 3.16. The molecule has 1 heterocycles. The third-order valence-electron chi connectivity index (χ3n) is 4.06. The van der Waals surface area contributed by atoms with Crippen molar-refractivity contribution in [2.45, 2.75) is 33.1 Å². The van der Waals surface area contributed by atoms with Crippen LogP contribution in [0.5, 0.6) is 0 Å². The molecule has 0 saturated carbocycles. The van der Waals surface area contributed by atoms with E-state index in [0.29, 0.717) is 18.1 Å². The van der Waals surface area contributed by atoms with Gasteiger partial charge in [0, 0.05) is 19.0 Å². The Balaban J connectivity index is 2.11. The van der Waals surface area contributed by atoms with Gasteiger partial charge in [-0.05, 0) is 31.5 Å². The number of thiazole rings is 1. The number of likely N-dealkylation sites (N-methyl/N-ethyl adjacent to an activating group) is 1. The summed E-state index contributed by atoms with van der Waals surface area (Å²) >= 11 is 1.55. The molecule has 0 aliphatic heterocycles. The maximum Gasteiger partial charge on any atom is 0.416 e. The Morgan fingerprint density at radius 2 is 1.97 bits per heavy atom. The van der Waals surface area contributed by atoms with Crippen molar-refractivity contribution in [2.75, 3.05) is 20.6 Å². The predicted molar refractivity (Wildman–Crippen MR) is 108 cm³/mol. The monoisotopic (exact) mass is 427 g/mol. The fraction of sp³-hybridized carbons (Fsp3) is 0.421. The Kier molecular flexibility index (Phi) is 7.60. The lowest BCUT2D eigenvalue weighted by Crippen LogP contribution is -2.42. The van der Waals surface area contributed by atoms with E-state index in [1.807, 2.05) is 13.8 Å². The number of carbonyl (C=O) groups excluding carboxylic acids is 1. The summed E-state index contributed by atoms with van der Waals surface area (Å²) in [5, 5.41) is 6.84. The van der Waals surface area contributed by atoms with Gasteiger partial charge < -0.3 is 15.5 Å². The van der Waals surface area contributed by atoms with E-state index in [-0.39, 0.29) is 19.0 Å². The van der Waals surface area contributed by atoms with Crippen LogP contribution in [0.4, 0.5) is 13.2 Å². The average Bonchev–Trinajstić information content (AvgIpc) is 2.98. The molecule has 0 aliphatic carbocycles. The van der Waals surface area contributed by atoms with Crippen LogP contribution >= 0.6 is 11.3 Å². The zero-order chi connectivity index (χ0) is 21.6. The van der Waals surface area contributed by atoms with Crippen LogP contribution in [0.1, 0.15) is 26.7 Å². The Morgan fingerprint density at radius 3 is 2.55 bits per heavy atom. The van der Waals surface area contributed by atoms with Crippen LogP contribution in [-0.2, 0) is 24.1 Å². The van der Waals surface area contributed by atoms with Crippen molar-refractivity contribution in [2.24, 2.45) is 4.99 Å². The van der Waals surface area contributed by atoms with E-state index >= 15 is 0 Å². The van der Waals surface area contributed by atoms with E-state index in [2.05, 4.69) is 20.6 Å². The van der Waals surface area contributed by atoms with E-state index in [0.717, 1.165) is 27.7 Å². The highest BCUT2D eigenvalue weighted by molar-refractivity contribution is 7.11. The Bertz CT molecular complexity index is 857. The maximum atomic E-state index is 12.9. The van der Waals surface area contributed by atoms with E-state index < -0.39 is 11.7 Å². The summed E-state index contributed by atoms with van der Waals surface area (Å²) in [7, 11) is 3.27. The molecule has 0 spiro atoms. The number of nitrogens with one attached hydrogen (secondary N) is 2. The number of carbonyl (C=O) groups is 1. The molecule has 1 aromatic heterocycles. The highest BCUT2D eigenvalue weighted by Crippen LogP contribution is 2.29. The van der Waals surface area contributed by atoms with Gasteiger partial charge >= 0.3 is 6.18 Å². The topological polar surface area (TPSA) is 69.6 Å². The predicted octanol–water partition coefficient (Wildman–Crippen LogP) is 3.10. The molecular formula is C19H24F3N5OS. The molecule has 29 heavy (non-hydrogen) atoms. The van der Waals surface area contributed by atoms with Gasteiger partial charge in [0.1, 0.15) is 5.01 Å². The fourth-order valence-electron chi connectivity index (χ4n) is 2.28. The number of rotatable bonds is 6. The van der Waals surface area contributed by atoms with Crippen LogP contribution in [0.3, 0.4) is 0 Å². The molecule has 2 N–H and O–H groups in total. The van der Waals surface area contributed by atoms with Gasteiger partial charge in [-0.2, -0.15) is 13.2 Å². The molecule has 0 unspecified atom stereocenters. The number of aliphatic imine (C=N–C) groups is 1. The summed E-state index contributed by atoms with van der Waals surface area (Å²) in [5.41, 5.74) is 0.648. The van der Waals surface area contributed by atoms with Crippen molar-refractivity contribution < 1.29 is 18.0 Å². The third kappa shape index (κ3) is 7.04. The molecule has 0 atom stereocenters. The quantitative estimate of drug-likeness (QED) is 0.549. The van der Waals surface area contributed by atoms with Crippen LogP contribution in [-0.4, -0.2) is 42.4 Å². The molecule has 0 fully saturated rings. The summed E-state index contributed by atoms with van der Waals surface area (Å²) in [6, 6.07) is 5.02. The molecule has 158 valence electrons. The van der Waals surface area contributed by atoms with Crippen molar-refractivity contribution in [1.82, 2.24) is 20.5 Å². The third-order valence-corrected chi connectivity index (χ3v) is 5.13. The Morgan fingerprint density at radius 1 is 1.24 bits per heavy atom. The average molecular weight is 427 g/mol. The minimum atomic E-state index is -4.41. The van der Waals surface area contributed by atoms with Crippen LogP contribution in [0, 0.1) is 13.8 Å². The summed E-state index contributed by atoms with van der Waals surface area (Å²) in [6.45, 7) is 4.34. The van der Waals surface area contributed by atoms with Crippen molar-refractivity contribution in [3.63, 3.8) is 0 Å². The van der Waals surface area contributed by atoms with E-state index in [1.165, 1.54) is 11.0 Å². The van der Waals surface area contributed by atoms with Crippen molar-refractivity contribution in [3.05, 3.63) is 51.0 Å². The van der Waals surface area contributed by atoms with Gasteiger partial charge in [0.15, 0.2) is 5.96 Å². The molecule has 2 aromatic rings. The van der Waals surface area contributed by atoms with Gasteiger partial charge in [-0.25, -0.2) is 9.98 Å². The first kappa shape index (κ1) is 22.7. The summed E-state index contributed by atoms with van der Waals surface area (Å²) in [5.74, 6) is 0.169. The minimum absolute atomic E-state index is 0.0113. The minimum Gasteiger partial charge on any atom is -0.350 e. The number of aryl methyl sites for hydroxylation is 2. The van der Waals surface area contributed by atoms with Gasteiger partial charge in [0.05, 0.1) is 30.9 Å². The molecule has 0 radical (unpaired) electrons. The number of hydrogen-bond donors (Lipinski definition) is 2. The van der Waals surface area contributed by atoms with Gasteiger partial charge in [-0.1, -0.05) is 12.1 Å². The first-order chi connectivity index (χ1) is 13.6. The SMILES string of the molecule is Cc1nc(CNC(=NCc2cccc(C(F)(F)F)c2)NCC(=O)N(C)C)sc1C. The molecule has 6 nitrogen and oxygen atoms in total. The Hall–Kier alpha value is -2.62. The highest BCUT2D eigenvalue weighted by Gasteiger charge is 2.30. The standard InChI is InChI=1S/C19H24F3N5OS/c1-12-13(2)29-16(26-12)10-24-18(25-11-17(28)27(3)4)23-9-14-6-5-7-15(8-14)19(20,21)22/h5-8H,9-11H2,1-4H3,(H2,23,24,25). The van der Waals surface area contributed by atoms with E-state index in [4.69, 9.17) is 0 Å². The second kappa shape index (κ2) is 9.73. The zero-order valence-corrected chi connectivity index (χ0v) is 17.5. The number of alkyl halides is 3. The number of nitrogens with zero attached hydrogens (tertiary/aromatic N) is 3. The van der Waals surface area contributed by atoms with Gasteiger partial charge in [-0.3, -0.25) is 4.79 Å². The van der Waals surface area contributed by atoms with E-state index in [1.54, 1.807) is 31.5 Å². The molecule has 0 aliphatic rings. The van der Waals surface area contributed by atoms with Gasteiger partial charge in [0.25, 0.3) is 0 Å².